The number of rotatable bonds is 5. The Kier molecular flexibility index (Phi) is 7.47. The first-order chi connectivity index (χ1) is 29.2. The number of hydrogen-bond acceptors (Lipinski definition) is 5. The second kappa shape index (κ2) is 13.3. The van der Waals surface area contributed by atoms with Crippen molar-refractivity contribution in [3.63, 3.8) is 0 Å². The van der Waals surface area contributed by atoms with E-state index in [1.165, 1.54) is 21.5 Å². The summed E-state index contributed by atoms with van der Waals surface area (Å²) in [5, 5.41) is 10.5. The zero-order valence-electron chi connectivity index (χ0n) is 31.7. The molecule has 5 nitrogen and oxygen atoms in total. The number of furan rings is 1. The average Bonchev–Trinajstić information content (AvgIpc) is 3.70. The van der Waals surface area contributed by atoms with E-state index in [0.717, 1.165) is 82.6 Å². The SMILES string of the molecule is c1ccc(-c2nc(-c3ccc(-c4cc5ccc6ccccc6c5c5cccnc45)cc3)nc(-c3ccc4c(-c5cccc6oc7ccccc7c56)cccc4c3)n2)cc1. The van der Waals surface area contributed by atoms with Crippen molar-refractivity contribution in [3.05, 3.63) is 194 Å². The maximum Gasteiger partial charge on any atom is 0.164 e. The quantitative estimate of drug-likeness (QED) is 0.164. The second-order valence-corrected chi connectivity index (χ2v) is 15.0. The van der Waals surface area contributed by atoms with E-state index >= 15 is 0 Å². The number of pyridine rings is 1. The van der Waals surface area contributed by atoms with Gasteiger partial charge in [-0.15, -0.1) is 0 Å². The fraction of sp³-hybridized carbons (Fsp3) is 0. The molecule has 0 atom stereocenters. The van der Waals surface area contributed by atoms with Crippen LogP contribution in [0.5, 0.6) is 0 Å². The maximum atomic E-state index is 6.25. The van der Waals surface area contributed by atoms with Gasteiger partial charge in [0, 0.05) is 44.6 Å². The molecule has 0 aliphatic rings. The smallest absolute Gasteiger partial charge is 0.164 e. The summed E-state index contributed by atoms with van der Waals surface area (Å²) in [4.78, 5) is 20.2. The third kappa shape index (κ3) is 5.47. The summed E-state index contributed by atoms with van der Waals surface area (Å²) in [5.74, 6) is 1.85. The van der Waals surface area contributed by atoms with Gasteiger partial charge in [-0.1, -0.05) is 158 Å². The van der Waals surface area contributed by atoms with Gasteiger partial charge in [0.25, 0.3) is 0 Å². The van der Waals surface area contributed by atoms with Gasteiger partial charge >= 0.3 is 0 Å². The van der Waals surface area contributed by atoms with E-state index in [4.69, 9.17) is 24.4 Å². The highest BCUT2D eigenvalue weighted by Crippen LogP contribution is 2.41. The predicted octanol–water partition coefficient (Wildman–Crippen LogP) is 14.1. The molecule has 0 radical (unpaired) electrons. The lowest BCUT2D eigenvalue weighted by Crippen LogP contribution is -2.00. The molecule has 12 rings (SSSR count). The highest BCUT2D eigenvalue weighted by molar-refractivity contribution is 6.22. The molecule has 3 heterocycles. The van der Waals surface area contributed by atoms with Crippen molar-refractivity contribution in [3.8, 4) is 56.4 Å². The summed E-state index contributed by atoms with van der Waals surface area (Å²) in [6.45, 7) is 0. The molecule has 5 heteroatoms. The first-order valence-corrected chi connectivity index (χ1v) is 19.8. The molecule has 9 aromatic carbocycles. The predicted molar refractivity (Wildman–Crippen MR) is 242 cm³/mol. The van der Waals surface area contributed by atoms with Gasteiger partial charge in [-0.25, -0.2) is 15.0 Å². The molecule has 0 bridgehead atoms. The topological polar surface area (TPSA) is 64.7 Å². The Hall–Kier alpha value is -8.02. The van der Waals surface area contributed by atoms with Crippen molar-refractivity contribution in [2.45, 2.75) is 0 Å². The van der Waals surface area contributed by atoms with Crippen LogP contribution in [0.25, 0.3) is 122 Å². The van der Waals surface area contributed by atoms with Crippen LogP contribution in [0.3, 0.4) is 0 Å². The minimum atomic E-state index is 0.612. The molecule has 0 saturated heterocycles. The van der Waals surface area contributed by atoms with Gasteiger partial charge in [-0.3, -0.25) is 4.98 Å². The van der Waals surface area contributed by atoms with Gasteiger partial charge in [0.05, 0.1) is 5.52 Å². The monoisotopic (exact) mass is 752 g/mol. The number of aromatic nitrogens is 4. The van der Waals surface area contributed by atoms with Gasteiger partial charge in [0.2, 0.25) is 0 Å². The van der Waals surface area contributed by atoms with Crippen LogP contribution in [0.1, 0.15) is 0 Å². The van der Waals surface area contributed by atoms with Crippen LogP contribution in [0.4, 0.5) is 0 Å². The number of fused-ring (bicyclic) bond motifs is 9. The molecule has 0 saturated carbocycles. The lowest BCUT2D eigenvalue weighted by atomic mass is 9.93. The summed E-state index contributed by atoms with van der Waals surface area (Å²) in [6, 6.07) is 65.6. The van der Waals surface area contributed by atoms with E-state index in [0.29, 0.717) is 17.5 Å². The van der Waals surface area contributed by atoms with E-state index in [1.807, 2.05) is 60.8 Å². The van der Waals surface area contributed by atoms with Crippen LogP contribution >= 0.6 is 0 Å². The van der Waals surface area contributed by atoms with Crippen molar-refractivity contribution in [2.75, 3.05) is 0 Å². The summed E-state index contributed by atoms with van der Waals surface area (Å²) < 4.78 is 6.25. The molecule has 0 spiro atoms. The maximum absolute atomic E-state index is 6.25. The van der Waals surface area contributed by atoms with Crippen molar-refractivity contribution in [1.29, 1.82) is 0 Å². The molecule has 12 aromatic rings. The highest BCUT2D eigenvalue weighted by atomic mass is 16.3. The third-order valence-corrected chi connectivity index (χ3v) is 11.5. The van der Waals surface area contributed by atoms with Crippen LogP contribution in [0.2, 0.25) is 0 Å². The third-order valence-electron chi connectivity index (χ3n) is 11.5. The second-order valence-electron chi connectivity index (χ2n) is 15.0. The number of benzene rings is 9. The van der Waals surface area contributed by atoms with Crippen LogP contribution in [0.15, 0.2) is 199 Å². The molecule has 0 aliphatic heterocycles. The van der Waals surface area contributed by atoms with Crippen LogP contribution in [-0.2, 0) is 0 Å². The Labute approximate surface area is 338 Å². The Morgan fingerprint density at radius 1 is 0.322 bits per heavy atom. The van der Waals surface area contributed by atoms with Crippen molar-refractivity contribution >= 4 is 65.2 Å². The van der Waals surface area contributed by atoms with E-state index in [1.54, 1.807) is 0 Å². The number of nitrogens with zero attached hydrogens (tertiary/aromatic N) is 4. The summed E-state index contributed by atoms with van der Waals surface area (Å²) in [5.41, 5.74) is 9.96. The lowest BCUT2D eigenvalue weighted by Gasteiger charge is -2.13. The zero-order valence-corrected chi connectivity index (χ0v) is 31.7. The average molecular weight is 753 g/mol. The van der Waals surface area contributed by atoms with Crippen LogP contribution < -0.4 is 0 Å². The molecule has 59 heavy (non-hydrogen) atoms. The van der Waals surface area contributed by atoms with Crippen molar-refractivity contribution in [1.82, 2.24) is 19.9 Å². The van der Waals surface area contributed by atoms with E-state index < -0.39 is 0 Å². The van der Waals surface area contributed by atoms with Gasteiger partial charge in [-0.2, -0.15) is 0 Å². The van der Waals surface area contributed by atoms with E-state index in [9.17, 15) is 0 Å². The van der Waals surface area contributed by atoms with E-state index in [-0.39, 0.29) is 0 Å². The molecular weight excluding hydrogens is 721 g/mol. The van der Waals surface area contributed by atoms with Gasteiger partial charge in [0.1, 0.15) is 11.2 Å². The van der Waals surface area contributed by atoms with Gasteiger partial charge < -0.3 is 4.42 Å². The van der Waals surface area contributed by atoms with Crippen LogP contribution in [-0.4, -0.2) is 19.9 Å². The first-order valence-electron chi connectivity index (χ1n) is 19.8. The molecule has 0 unspecified atom stereocenters. The fourth-order valence-corrected chi connectivity index (χ4v) is 8.78. The summed E-state index contributed by atoms with van der Waals surface area (Å²) >= 11 is 0. The molecular formula is C54H32N4O. The van der Waals surface area contributed by atoms with Crippen molar-refractivity contribution < 1.29 is 4.42 Å². The molecule has 0 fully saturated rings. The molecule has 0 N–H and O–H groups in total. The number of para-hydroxylation sites is 1. The Morgan fingerprint density at radius 3 is 1.81 bits per heavy atom. The Morgan fingerprint density at radius 2 is 0.949 bits per heavy atom. The Bertz CT molecular complexity index is 3610. The molecule has 0 amide bonds. The van der Waals surface area contributed by atoms with Gasteiger partial charge in [0.15, 0.2) is 17.5 Å². The van der Waals surface area contributed by atoms with Crippen LogP contribution in [0, 0.1) is 0 Å². The minimum absolute atomic E-state index is 0.612. The molecule has 274 valence electrons. The largest absolute Gasteiger partial charge is 0.456 e. The summed E-state index contributed by atoms with van der Waals surface area (Å²) in [7, 11) is 0. The molecule has 0 aliphatic carbocycles. The lowest BCUT2D eigenvalue weighted by molar-refractivity contribution is 0.669. The summed E-state index contributed by atoms with van der Waals surface area (Å²) in [6.07, 6.45) is 1.88. The molecule has 3 aromatic heterocycles. The normalized spacial score (nSPS) is 11.7. The highest BCUT2D eigenvalue weighted by Gasteiger charge is 2.18. The fourth-order valence-electron chi connectivity index (χ4n) is 8.78. The Balaban J connectivity index is 0.969. The first kappa shape index (κ1) is 33.2. The van der Waals surface area contributed by atoms with E-state index in [2.05, 4.69) is 133 Å². The zero-order chi connectivity index (χ0) is 38.9. The van der Waals surface area contributed by atoms with Gasteiger partial charge in [-0.05, 0) is 79.3 Å². The number of hydrogen-bond donors (Lipinski definition) is 0. The standard InChI is InChI=1S/C54H32N4O/c1-2-12-35(13-3-1)52-56-53(36-25-22-34(23-26-36)46-32-38-27-24-33-11-4-5-15-41(33)49(38)45-19-10-30-55-51(45)46)58-54(57-52)39-28-29-40-37(31-39)14-8-17-42(40)43-18-9-21-48-50(43)44-16-6-7-20-47(44)59-48/h1-32H. The van der Waals surface area contributed by atoms with Crippen molar-refractivity contribution in [2.24, 2.45) is 0 Å². The minimum Gasteiger partial charge on any atom is -0.456 e.